The molecule has 1 aromatic carbocycles. The van der Waals surface area contributed by atoms with Crippen LogP contribution in [0, 0.1) is 5.92 Å². The van der Waals surface area contributed by atoms with Gasteiger partial charge in [-0.15, -0.1) is 0 Å². The number of aryl methyl sites for hydroxylation is 1. The van der Waals surface area contributed by atoms with Crippen molar-refractivity contribution in [1.82, 2.24) is 19.1 Å². The molecule has 0 saturated heterocycles. The highest BCUT2D eigenvalue weighted by atomic mass is 32.2. The third kappa shape index (κ3) is 5.31. The van der Waals surface area contributed by atoms with E-state index in [1.54, 1.807) is 0 Å². The van der Waals surface area contributed by atoms with E-state index in [2.05, 4.69) is 9.97 Å². The summed E-state index contributed by atoms with van der Waals surface area (Å²) in [5, 5.41) is 0.713. The molecule has 11 heteroatoms. The minimum Gasteiger partial charge on any atom is -0.383 e. The summed E-state index contributed by atoms with van der Waals surface area (Å²) in [6, 6.07) is 7.78. The van der Waals surface area contributed by atoms with Crippen LogP contribution in [0.2, 0.25) is 0 Å². The van der Waals surface area contributed by atoms with Crippen LogP contribution >= 0.6 is 11.8 Å². The normalized spacial score (nSPS) is 11.4. The lowest BCUT2D eigenvalue weighted by Crippen LogP contribution is -2.43. The van der Waals surface area contributed by atoms with Crippen molar-refractivity contribution in [2.75, 3.05) is 36.6 Å². The number of rotatable bonds is 10. The number of nitrogen functional groups attached to an aromatic ring is 1. The van der Waals surface area contributed by atoms with Crippen molar-refractivity contribution in [3.05, 3.63) is 45.1 Å². The summed E-state index contributed by atoms with van der Waals surface area (Å²) in [5.41, 5.74) is 6.74. The number of fused-ring (bicyclic) bond motifs is 1. The van der Waals surface area contributed by atoms with E-state index in [1.165, 1.54) is 28.3 Å². The summed E-state index contributed by atoms with van der Waals surface area (Å²) in [5.74, 6) is -0.217. The maximum absolute atomic E-state index is 13.3. The quantitative estimate of drug-likeness (QED) is 0.430. The molecule has 0 fully saturated rings. The SMILES string of the molecule is CCn1c(SCC(=O)N(CCOC)c2c(N)n(CC(C)C)c(=O)[nH]c2=O)nc2ccccc21. The number of hydrogen-bond donors (Lipinski definition) is 2. The molecule has 2 heterocycles. The Hall–Kier alpha value is -3.05. The van der Waals surface area contributed by atoms with E-state index in [0.717, 1.165) is 11.0 Å². The first-order valence-electron chi connectivity index (χ1n) is 10.8. The number of anilines is 2. The van der Waals surface area contributed by atoms with Gasteiger partial charge in [-0.25, -0.2) is 9.78 Å². The summed E-state index contributed by atoms with van der Waals surface area (Å²) >= 11 is 1.29. The molecular weight excluding hydrogens is 444 g/mol. The number of nitrogens with one attached hydrogen (secondary N) is 1. The number of ether oxygens (including phenoxy) is 1. The molecule has 0 atom stereocenters. The Kier molecular flexibility index (Phi) is 7.98. The second kappa shape index (κ2) is 10.7. The lowest BCUT2D eigenvalue weighted by molar-refractivity contribution is -0.116. The molecule has 33 heavy (non-hydrogen) atoms. The van der Waals surface area contributed by atoms with Crippen LogP contribution in [-0.4, -0.2) is 51.0 Å². The lowest BCUT2D eigenvalue weighted by atomic mass is 10.2. The predicted molar refractivity (Wildman–Crippen MR) is 131 cm³/mol. The van der Waals surface area contributed by atoms with Crippen molar-refractivity contribution in [3.8, 4) is 0 Å². The van der Waals surface area contributed by atoms with Gasteiger partial charge < -0.3 is 19.9 Å². The first kappa shape index (κ1) is 24.6. The number of imidazole rings is 1. The third-order valence-electron chi connectivity index (χ3n) is 5.11. The fourth-order valence-electron chi connectivity index (χ4n) is 3.60. The fraction of sp³-hybridized carbons (Fsp3) is 0.455. The number of thioether (sulfide) groups is 1. The molecule has 0 aliphatic rings. The second-order valence-corrected chi connectivity index (χ2v) is 8.89. The average molecular weight is 475 g/mol. The van der Waals surface area contributed by atoms with Gasteiger partial charge in [0.15, 0.2) is 10.8 Å². The minimum absolute atomic E-state index is 0.0345. The van der Waals surface area contributed by atoms with Gasteiger partial charge in [0.2, 0.25) is 5.91 Å². The number of carbonyl (C=O) groups excluding carboxylic acids is 1. The summed E-state index contributed by atoms with van der Waals surface area (Å²) in [7, 11) is 1.51. The molecule has 3 aromatic rings. The zero-order valence-electron chi connectivity index (χ0n) is 19.3. The number of benzene rings is 1. The Morgan fingerprint density at radius 2 is 2.00 bits per heavy atom. The Morgan fingerprint density at radius 3 is 2.67 bits per heavy atom. The molecular formula is C22H30N6O4S. The summed E-state index contributed by atoms with van der Waals surface area (Å²) in [4.78, 5) is 46.5. The van der Waals surface area contributed by atoms with Crippen LogP contribution in [0.1, 0.15) is 20.8 Å². The molecule has 0 aliphatic heterocycles. The van der Waals surface area contributed by atoms with Crippen LogP contribution in [0.15, 0.2) is 39.0 Å². The molecule has 0 bridgehead atoms. The standard InChI is InChI=1S/C22H30N6O4S/c1-5-26-16-9-7-6-8-15(16)24-22(26)33-13-17(29)27(10-11-32-4)18-19(23)28(12-14(2)3)21(31)25-20(18)30/h6-9,14H,5,10-13,23H2,1-4H3,(H,25,30,31). The van der Waals surface area contributed by atoms with Crippen LogP contribution in [0.5, 0.6) is 0 Å². The highest BCUT2D eigenvalue weighted by molar-refractivity contribution is 7.99. The molecule has 0 saturated carbocycles. The molecule has 0 unspecified atom stereocenters. The van der Waals surface area contributed by atoms with Crippen molar-refractivity contribution < 1.29 is 9.53 Å². The molecule has 0 aliphatic carbocycles. The predicted octanol–water partition coefficient (Wildman–Crippen LogP) is 1.92. The molecule has 2 aromatic heterocycles. The van der Waals surface area contributed by atoms with E-state index in [1.807, 2.05) is 49.6 Å². The topological polar surface area (TPSA) is 128 Å². The van der Waals surface area contributed by atoms with Crippen molar-refractivity contribution in [1.29, 1.82) is 0 Å². The highest BCUT2D eigenvalue weighted by Crippen LogP contribution is 2.25. The Balaban J connectivity index is 1.93. The number of methoxy groups -OCH3 is 1. The van der Waals surface area contributed by atoms with Gasteiger partial charge in [-0.1, -0.05) is 37.7 Å². The first-order valence-corrected chi connectivity index (χ1v) is 11.8. The number of nitrogens with zero attached hydrogens (tertiary/aromatic N) is 4. The van der Waals surface area contributed by atoms with Crippen LogP contribution in [-0.2, 0) is 22.6 Å². The third-order valence-corrected chi connectivity index (χ3v) is 6.07. The van der Waals surface area contributed by atoms with Gasteiger partial charge in [0.25, 0.3) is 5.56 Å². The van der Waals surface area contributed by atoms with Gasteiger partial charge in [0.1, 0.15) is 5.82 Å². The number of para-hydroxylation sites is 2. The van der Waals surface area contributed by atoms with E-state index in [9.17, 15) is 14.4 Å². The smallest absolute Gasteiger partial charge is 0.330 e. The van der Waals surface area contributed by atoms with E-state index in [0.29, 0.717) is 18.2 Å². The molecule has 178 valence electrons. The number of H-pyrrole nitrogens is 1. The molecule has 0 spiro atoms. The Morgan fingerprint density at radius 1 is 1.27 bits per heavy atom. The van der Waals surface area contributed by atoms with E-state index >= 15 is 0 Å². The molecule has 3 N–H and O–H groups in total. The number of hydrogen-bond acceptors (Lipinski definition) is 7. The van der Waals surface area contributed by atoms with Crippen molar-refractivity contribution >= 4 is 40.2 Å². The molecule has 0 radical (unpaired) electrons. The Labute approximate surface area is 195 Å². The van der Waals surface area contributed by atoms with Gasteiger partial charge in [-0.3, -0.25) is 19.1 Å². The largest absolute Gasteiger partial charge is 0.383 e. The van der Waals surface area contributed by atoms with Gasteiger partial charge in [0, 0.05) is 26.7 Å². The van der Waals surface area contributed by atoms with E-state index < -0.39 is 11.2 Å². The average Bonchev–Trinajstić information content (AvgIpc) is 3.14. The van der Waals surface area contributed by atoms with Gasteiger partial charge in [-0.2, -0.15) is 0 Å². The lowest BCUT2D eigenvalue weighted by Gasteiger charge is -2.24. The summed E-state index contributed by atoms with van der Waals surface area (Å²) in [6.07, 6.45) is 0. The summed E-state index contributed by atoms with van der Waals surface area (Å²) in [6.45, 7) is 7.22. The zero-order chi connectivity index (χ0) is 24.1. The van der Waals surface area contributed by atoms with Gasteiger partial charge in [0.05, 0.1) is 23.4 Å². The van der Waals surface area contributed by atoms with Gasteiger partial charge in [-0.05, 0) is 25.0 Å². The maximum atomic E-state index is 13.3. The number of aromatic amines is 1. The van der Waals surface area contributed by atoms with Crippen LogP contribution in [0.4, 0.5) is 11.5 Å². The second-order valence-electron chi connectivity index (χ2n) is 7.95. The number of nitrogens with two attached hydrogens (primary N) is 1. The van der Waals surface area contributed by atoms with Crippen LogP contribution < -0.4 is 21.9 Å². The number of amides is 1. The zero-order valence-corrected chi connectivity index (χ0v) is 20.1. The number of aromatic nitrogens is 4. The van der Waals surface area contributed by atoms with Crippen molar-refractivity contribution in [2.45, 2.75) is 39.0 Å². The molecule has 1 amide bonds. The molecule has 10 nitrogen and oxygen atoms in total. The molecule has 3 rings (SSSR count). The van der Waals surface area contributed by atoms with E-state index in [4.69, 9.17) is 10.5 Å². The minimum atomic E-state index is -0.701. The maximum Gasteiger partial charge on any atom is 0.330 e. The monoisotopic (exact) mass is 474 g/mol. The van der Waals surface area contributed by atoms with Crippen LogP contribution in [0.25, 0.3) is 11.0 Å². The Bertz CT molecular complexity index is 1250. The van der Waals surface area contributed by atoms with Crippen molar-refractivity contribution in [3.63, 3.8) is 0 Å². The van der Waals surface area contributed by atoms with Crippen LogP contribution in [0.3, 0.4) is 0 Å². The van der Waals surface area contributed by atoms with Gasteiger partial charge >= 0.3 is 5.69 Å². The number of carbonyl (C=O) groups is 1. The fourth-order valence-corrected chi connectivity index (χ4v) is 4.56. The summed E-state index contributed by atoms with van der Waals surface area (Å²) < 4.78 is 8.47. The highest BCUT2D eigenvalue weighted by Gasteiger charge is 2.25. The first-order chi connectivity index (χ1) is 15.8. The van der Waals surface area contributed by atoms with E-state index in [-0.39, 0.29) is 42.2 Å². The van der Waals surface area contributed by atoms with Crippen molar-refractivity contribution in [2.24, 2.45) is 5.92 Å².